The van der Waals surface area contributed by atoms with Crippen LogP contribution in [-0.4, -0.2) is 27.1 Å². The Labute approximate surface area is 116 Å². The van der Waals surface area contributed by atoms with Crippen LogP contribution in [0.15, 0.2) is 48.7 Å². The van der Waals surface area contributed by atoms with Crippen molar-refractivity contribution in [2.45, 2.75) is 6.92 Å². The maximum Gasteiger partial charge on any atom is 0.155 e. The highest BCUT2D eigenvalue weighted by molar-refractivity contribution is 5.59. The topological polar surface area (TPSA) is 52.8 Å². The number of hydrogen-bond acceptors (Lipinski definition) is 4. The van der Waals surface area contributed by atoms with Crippen molar-refractivity contribution in [2.24, 2.45) is 0 Å². The van der Waals surface area contributed by atoms with Crippen molar-refractivity contribution in [1.29, 1.82) is 0 Å². The van der Waals surface area contributed by atoms with Crippen LogP contribution < -0.4 is 4.74 Å². The van der Waals surface area contributed by atoms with Gasteiger partial charge in [-0.25, -0.2) is 9.67 Å². The highest BCUT2D eigenvalue weighted by Gasteiger charge is 2.06. The molecule has 100 valence electrons. The fourth-order valence-electron chi connectivity index (χ4n) is 1.93. The molecule has 0 N–H and O–H groups in total. The van der Waals surface area contributed by atoms with E-state index in [0.717, 1.165) is 28.5 Å². The van der Waals surface area contributed by atoms with E-state index < -0.39 is 0 Å². The molecule has 0 aliphatic heterocycles. The van der Waals surface area contributed by atoms with Crippen LogP contribution in [0, 0.1) is 6.92 Å². The number of nitrogens with zero attached hydrogens (tertiary/aromatic N) is 4. The van der Waals surface area contributed by atoms with Crippen LogP contribution >= 0.6 is 0 Å². The molecule has 0 fully saturated rings. The Morgan fingerprint density at radius 3 is 2.55 bits per heavy atom. The molecular weight excluding hydrogens is 252 g/mol. The van der Waals surface area contributed by atoms with Crippen LogP contribution in [0.4, 0.5) is 0 Å². The van der Waals surface area contributed by atoms with Gasteiger partial charge in [0.05, 0.1) is 13.3 Å². The quantitative estimate of drug-likeness (QED) is 0.731. The molecule has 3 rings (SSSR count). The third-order valence-electron chi connectivity index (χ3n) is 2.99. The predicted octanol–water partition coefficient (Wildman–Crippen LogP) is 2.65. The highest BCUT2D eigenvalue weighted by atomic mass is 16.5. The predicted molar refractivity (Wildman–Crippen MR) is 75.9 cm³/mol. The zero-order chi connectivity index (χ0) is 13.9. The minimum atomic E-state index is 0.761. The molecule has 0 radical (unpaired) electrons. The summed E-state index contributed by atoms with van der Waals surface area (Å²) < 4.78 is 6.81. The molecule has 0 saturated carbocycles. The molecule has 0 atom stereocenters. The van der Waals surface area contributed by atoms with E-state index in [0.29, 0.717) is 0 Å². The summed E-state index contributed by atoms with van der Waals surface area (Å²) in [4.78, 5) is 4.42. The number of aromatic nitrogens is 4. The number of methoxy groups -OCH3 is 1. The zero-order valence-corrected chi connectivity index (χ0v) is 11.3. The number of pyridine rings is 1. The van der Waals surface area contributed by atoms with Gasteiger partial charge in [-0.1, -0.05) is 11.3 Å². The number of benzene rings is 1. The van der Waals surface area contributed by atoms with Crippen molar-refractivity contribution in [3.63, 3.8) is 0 Å². The molecule has 0 unspecified atom stereocenters. The number of hydrogen-bond donors (Lipinski definition) is 0. The molecule has 2 heterocycles. The second kappa shape index (κ2) is 5.13. The third kappa shape index (κ3) is 2.38. The minimum Gasteiger partial charge on any atom is -0.497 e. The van der Waals surface area contributed by atoms with Crippen LogP contribution in [0.3, 0.4) is 0 Å². The van der Waals surface area contributed by atoms with Gasteiger partial charge in [0.25, 0.3) is 0 Å². The molecule has 0 bridgehead atoms. The highest BCUT2D eigenvalue weighted by Crippen LogP contribution is 2.20. The molecule has 5 heteroatoms. The fourth-order valence-corrected chi connectivity index (χ4v) is 1.93. The Hall–Kier alpha value is -2.69. The van der Waals surface area contributed by atoms with E-state index in [9.17, 15) is 0 Å². The summed E-state index contributed by atoms with van der Waals surface area (Å²) in [5.41, 5.74) is 2.74. The van der Waals surface area contributed by atoms with Gasteiger partial charge in [-0.3, -0.25) is 0 Å². The van der Waals surface area contributed by atoms with Crippen molar-refractivity contribution < 1.29 is 4.74 Å². The summed E-state index contributed by atoms with van der Waals surface area (Å²) >= 11 is 0. The van der Waals surface area contributed by atoms with Crippen molar-refractivity contribution in [1.82, 2.24) is 20.0 Å². The summed E-state index contributed by atoms with van der Waals surface area (Å²) in [6.07, 6.45) is 1.86. The molecule has 1 aromatic carbocycles. The van der Waals surface area contributed by atoms with E-state index in [2.05, 4.69) is 15.3 Å². The number of aryl methyl sites for hydroxylation is 1. The average Bonchev–Trinajstić information content (AvgIpc) is 2.97. The molecule has 0 amide bonds. The van der Waals surface area contributed by atoms with Crippen LogP contribution in [0.1, 0.15) is 5.69 Å². The van der Waals surface area contributed by atoms with Gasteiger partial charge in [-0.2, -0.15) is 0 Å². The summed E-state index contributed by atoms with van der Waals surface area (Å²) in [5, 5.41) is 8.30. The first-order valence-electron chi connectivity index (χ1n) is 6.27. The third-order valence-corrected chi connectivity index (χ3v) is 2.99. The smallest absolute Gasteiger partial charge is 0.155 e. The van der Waals surface area contributed by atoms with Crippen molar-refractivity contribution in [3.8, 4) is 22.8 Å². The molecule has 0 spiro atoms. The van der Waals surface area contributed by atoms with E-state index in [-0.39, 0.29) is 0 Å². The molecular formula is C15H14N4O. The van der Waals surface area contributed by atoms with Crippen LogP contribution in [0.25, 0.3) is 17.1 Å². The Morgan fingerprint density at radius 2 is 1.85 bits per heavy atom. The molecule has 20 heavy (non-hydrogen) atoms. The molecule has 0 saturated heterocycles. The second-order valence-corrected chi connectivity index (χ2v) is 4.41. The molecule has 2 aromatic heterocycles. The van der Waals surface area contributed by atoms with Crippen LogP contribution in [0.2, 0.25) is 0 Å². The van der Waals surface area contributed by atoms with E-state index >= 15 is 0 Å². The Balaban J connectivity index is 1.93. The molecule has 0 aliphatic rings. The van der Waals surface area contributed by atoms with Gasteiger partial charge in [-0.05, 0) is 43.3 Å². The van der Waals surface area contributed by atoms with Gasteiger partial charge < -0.3 is 4.74 Å². The molecule has 0 aliphatic carbocycles. The first-order chi connectivity index (χ1) is 9.76. The fraction of sp³-hybridized carbons (Fsp3) is 0.133. The van der Waals surface area contributed by atoms with Crippen molar-refractivity contribution >= 4 is 0 Å². The van der Waals surface area contributed by atoms with E-state index in [1.54, 1.807) is 11.8 Å². The van der Waals surface area contributed by atoms with Crippen molar-refractivity contribution in [3.05, 3.63) is 54.4 Å². The largest absolute Gasteiger partial charge is 0.497 e. The molecule has 5 nitrogen and oxygen atoms in total. The summed E-state index contributed by atoms with van der Waals surface area (Å²) in [6, 6.07) is 13.5. The lowest BCUT2D eigenvalue weighted by Crippen LogP contribution is -1.98. The maximum absolute atomic E-state index is 5.14. The summed E-state index contributed by atoms with van der Waals surface area (Å²) in [5.74, 6) is 1.58. The first kappa shape index (κ1) is 12.3. The monoisotopic (exact) mass is 266 g/mol. The number of ether oxygens (including phenoxy) is 1. The lowest BCUT2D eigenvalue weighted by Gasteiger charge is -2.00. The normalized spacial score (nSPS) is 10.5. The van der Waals surface area contributed by atoms with E-state index in [1.165, 1.54) is 0 Å². The average molecular weight is 266 g/mol. The summed E-state index contributed by atoms with van der Waals surface area (Å²) in [6.45, 7) is 1.95. The lowest BCUT2D eigenvalue weighted by atomic mass is 10.2. The van der Waals surface area contributed by atoms with Gasteiger partial charge in [0.2, 0.25) is 0 Å². The number of rotatable bonds is 3. The van der Waals surface area contributed by atoms with Crippen LogP contribution in [0.5, 0.6) is 5.75 Å². The van der Waals surface area contributed by atoms with Gasteiger partial charge in [0.1, 0.15) is 11.4 Å². The zero-order valence-electron chi connectivity index (χ0n) is 11.3. The Kier molecular flexibility index (Phi) is 3.16. The first-order valence-corrected chi connectivity index (χ1v) is 6.27. The standard InChI is InChI=1S/C15H14N4O/c1-11-4-3-5-15(16-11)19-10-14(17-18-19)12-6-8-13(20-2)9-7-12/h3-10H,1-2H3. The Morgan fingerprint density at radius 1 is 1.05 bits per heavy atom. The van der Waals surface area contributed by atoms with Gasteiger partial charge in [0, 0.05) is 11.3 Å². The lowest BCUT2D eigenvalue weighted by molar-refractivity contribution is 0.415. The van der Waals surface area contributed by atoms with Crippen LogP contribution in [-0.2, 0) is 0 Å². The van der Waals surface area contributed by atoms with Gasteiger partial charge >= 0.3 is 0 Å². The SMILES string of the molecule is COc1ccc(-c2cn(-c3cccc(C)n3)nn2)cc1. The van der Waals surface area contributed by atoms with E-state index in [4.69, 9.17) is 4.74 Å². The van der Waals surface area contributed by atoms with Crippen molar-refractivity contribution in [2.75, 3.05) is 7.11 Å². The van der Waals surface area contributed by atoms with E-state index in [1.807, 2.05) is 55.6 Å². The minimum absolute atomic E-state index is 0.761. The van der Waals surface area contributed by atoms with Gasteiger partial charge in [0.15, 0.2) is 5.82 Å². The second-order valence-electron chi connectivity index (χ2n) is 4.41. The Bertz CT molecular complexity index is 719. The summed E-state index contributed by atoms with van der Waals surface area (Å²) in [7, 11) is 1.65. The molecule has 3 aromatic rings. The van der Waals surface area contributed by atoms with Gasteiger partial charge in [-0.15, -0.1) is 5.10 Å². The maximum atomic E-state index is 5.14.